The van der Waals surface area contributed by atoms with Crippen molar-refractivity contribution in [1.82, 2.24) is 0 Å². The summed E-state index contributed by atoms with van der Waals surface area (Å²) in [5, 5.41) is 10.2. The predicted octanol–water partition coefficient (Wildman–Crippen LogP) is 1.55. The van der Waals surface area contributed by atoms with E-state index in [9.17, 15) is 9.90 Å². The highest BCUT2D eigenvalue weighted by Crippen LogP contribution is 2.26. The molecule has 0 saturated carbocycles. The third-order valence-corrected chi connectivity index (χ3v) is 2.55. The second-order valence-electron chi connectivity index (χ2n) is 3.69. The SMILES string of the molecule is CCCCC(O)(C(N)=O)c1ccccc1. The molecule has 0 heterocycles. The smallest absolute Gasteiger partial charge is 0.254 e. The number of benzene rings is 1. The van der Waals surface area contributed by atoms with Gasteiger partial charge in [0.15, 0.2) is 5.60 Å². The Hall–Kier alpha value is -1.35. The maximum Gasteiger partial charge on any atom is 0.254 e. The van der Waals surface area contributed by atoms with Crippen LogP contribution in [0.3, 0.4) is 0 Å². The summed E-state index contributed by atoms with van der Waals surface area (Å²) in [6.45, 7) is 2.01. The van der Waals surface area contributed by atoms with Crippen molar-refractivity contribution in [2.24, 2.45) is 5.73 Å². The van der Waals surface area contributed by atoms with Crippen LogP contribution >= 0.6 is 0 Å². The molecule has 0 saturated heterocycles. The van der Waals surface area contributed by atoms with Crippen LogP contribution in [0, 0.1) is 0 Å². The number of hydrogen-bond acceptors (Lipinski definition) is 2. The lowest BCUT2D eigenvalue weighted by Gasteiger charge is -2.24. The first kappa shape index (κ1) is 11.7. The quantitative estimate of drug-likeness (QED) is 0.769. The van der Waals surface area contributed by atoms with E-state index < -0.39 is 11.5 Å². The van der Waals surface area contributed by atoms with Crippen molar-refractivity contribution < 1.29 is 9.90 Å². The second kappa shape index (κ2) is 4.94. The van der Waals surface area contributed by atoms with Crippen molar-refractivity contribution in [2.75, 3.05) is 0 Å². The standard InChI is InChI=1S/C12H17NO2/c1-2-3-9-12(15,11(13)14)10-7-5-4-6-8-10/h4-8,15H,2-3,9H2,1H3,(H2,13,14). The first-order valence-corrected chi connectivity index (χ1v) is 5.19. The zero-order valence-electron chi connectivity index (χ0n) is 8.94. The average molecular weight is 207 g/mol. The molecule has 3 nitrogen and oxygen atoms in total. The van der Waals surface area contributed by atoms with Crippen LogP contribution in [0.4, 0.5) is 0 Å². The van der Waals surface area contributed by atoms with E-state index in [1.54, 1.807) is 24.3 Å². The Kier molecular flexibility index (Phi) is 3.86. The first-order chi connectivity index (χ1) is 7.11. The summed E-state index contributed by atoms with van der Waals surface area (Å²) in [4.78, 5) is 11.3. The zero-order chi connectivity index (χ0) is 11.3. The highest BCUT2D eigenvalue weighted by molar-refractivity contribution is 5.84. The Bertz CT molecular complexity index is 324. The van der Waals surface area contributed by atoms with Crippen LogP contribution < -0.4 is 5.73 Å². The molecule has 0 bridgehead atoms. The van der Waals surface area contributed by atoms with Crippen molar-refractivity contribution in [2.45, 2.75) is 31.8 Å². The van der Waals surface area contributed by atoms with Gasteiger partial charge >= 0.3 is 0 Å². The summed E-state index contributed by atoms with van der Waals surface area (Å²) in [5.41, 5.74) is 4.31. The lowest BCUT2D eigenvalue weighted by Crippen LogP contribution is -2.41. The van der Waals surface area contributed by atoms with Crippen molar-refractivity contribution in [3.05, 3.63) is 35.9 Å². The first-order valence-electron chi connectivity index (χ1n) is 5.19. The Morgan fingerprint density at radius 2 is 2.00 bits per heavy atom. The Morgan fingerprint density at radius 3 is 2.47 bits per heavy atom. The lowest BCUT2D eigenvalue weighted by atomic mass is 9.88. The summed E-state index contributed by atoms with van der Waals surface area (Å²) in [7, 11) is 0. The van der Waals surface area contributed by atoms with Crippen LogP contribution in [-0.2, 0) is 10.4 Å². The molecule has 15 heavy (non-hydrogen) atoms. The van der Waals surface area contributed by atoms with Gasteiger partial charge in [-0.3, -0.25) is 4.79 Å². The van der Waals surface area contributed by atoms with Crippen LogP contribution in [-0.4, -0.2) is 11.0 Å². The van der Waals surface area contributed by atoms with Gasteiger partial charge in [-0.25, -0.2) is 0 Å². The molecule has 0 aliphatic heterocycles. The number of hydrogen-bond donors (Lipinski definition) is 2. The molecule has 0 radical (unpaired) electrons. The zero-order valence-corrected chi connectivity index (χ0v) is 8.94. The van der Waals surface area contributed by atoms with Crippen LogP contribution in [0.25, 0.3) is 0 Å². The van der Waals surface area contributed by atoms with Crippen molar-refractivity contribution >= 4 is 5.91 Å². The fourth-order valence-corrected chi connectivity index (χ4v) is 1.56. The molecule has 0 spiro atoms. The van der Waals surface area contributed by atoms with Gasteiger partial charge in [-0.2, -0.15) is 0 Å². The molecule has 0 fully saturated rings. The summed E-state index contributed by atoms with van der Waals surface area (Å²) in [6, 6.07) is 8.86. The molecule has 1 unspecified atom stereocenters. The van der Waals surface area contributed by atoms with Gasteiger partial charge < -0.3 is 10.8 Å². The van der Waals surface area contributed by atoms with E-state index in [-0.39, 0.29) is 0 Å². The highest BCUT2D eigenvalue weighted by atomic mass is 16.3. The average Bonchev–Trinajstić information content (AvgIpc) is 2.27. The topological polar surface area (TPSA) is 63.3 Å². The van der Waals surface area contributed by atoms with Crippen LogP contribution in [0.2, 0.25) is 0 Å². The van der Waals surface area contributed by atoms with E-state index in [0.717, 1.165) is 12.8 Å². The molecule has 3 N–H and O–H groups in total. The summed E-state index contributed by atoms with van der Waals surface area (Å²) in [5.74, 6) is -0.679. The van der Waals surface area contributed by atoms with E-state index in [0.29, 0.717) is 12.0 Å². The molecule has 3 heteroatoms. The third kappa shape index (κ3) is 2.57. The van der Waals surface area contributed by atoms with E-state index in [4.69, 9.17) is 5.73 Å². The van der Waals surface area contributed by atoms with E-state index >= 15 is 0 Å². The van der Waals surface area contributed by atoms with Crippen LogP contribution in [0.15, 0.2) is 30.3 Å². The molecule has 1 aromatic rings. The van der Waals surface area contributed by atoms with E-state index in [2.05, 4.69) is 0 Å². The molecule has 82 valence electrons. The number of carbonyl (C=O) groups is 1. The van der Waals surface area contributed by atoms with Crippen LogP contribution in [0.1, 0.15) is 31.7 Å². The summed E-state index contributed by atoms with van der Waals surface area (Å²) >= 11 is 0. The van der Waals surface area contributed by atoms with Gasteiger partial charge in [0.25, 0.3) is 5.91 Å². The minimum absolute atomic E-state index is 0.378. The minimum Gasteiger partial charge on any atom is -0.375 e. The third-order valence-electron chi connectivity index (χ3n) is 2.55. The molecular weight excluding hydrogens is 190 g/mol. The Labute approximate surface area is 89.9 Å². The number of aliphatic hydroxyl groups is 1. The molecule has 1 atom stereocenters. The van der Waals surface area contributed by atoms with Gasteiger partial charge in [0.2, 0.25) is 0 Å². The Morgan fingerprint density at radius 1 is 1.40 bits per heavy atom. The fourth-order valence-electron chi connectivity index (χ4n) is 1.56. The number of unbranched alkanes of at least 4 members (excludes halogenated alkanes) is 1. The normalized spacial score (nSPS) is 14.5. The maximum atomic E-state index is 11.3. The molecule has 1 rings (SSSR count). The number of rotatable bonds is 5. The number of carbonyl (C=O) groups excluding carboxylic acids is 1. The van der Waals surface area contributed by atoms with Crippen molar-refractivity contribution in [1.29, 1.82) is 0 Å². The van der Waals surface area contributed by atoms with Crippen molar-refractivity contribution in [3.8, 4) is 0 Å². The van der Waals surface area contributed by atoms with Gasteiger partial charge in [0.1, 0.15) is 0 Å². The maximum absolute atomic E-state index is 11.3. The number of nitrogens with two attached hydrogens (primary N) is 1. The second-order valence-corrected chi connectivity index (χ2v) is 3.69. The number of amides is 1. The largest absolute Gasteiger partial charge is 0.375 e. The van der Waals surface area contributed by atoms with Gasteiger partial charge in [0.05, 0.1) is 0 Å². The molecule has 1 amide bonds. The van der Waals surface area contributed by atoms with Gasteiger partial charge in [-0.1, -0.05) is 43.7 Å². The summed E-state index contributed by atoms with van der Waals surface area (Å²) < 4.78 is 0. The van der Waals surface area contributed by atoms with Gasteiger partial charge in [-0.05, 0) is 18.4 Å². The van der Waals surface area contributed by atoms with Gasteiger partial charge in [-0.15, -0.1) is 0 Å². The predicted molar refractivity (Wildman–Crippen MR) is 59.1 cm³/mol. The van der Waals surface area contributed by atoms with Crippen molar-refractivity contribution in [3.63, 3.8) is 0 Å². The highest BCUT2D eigenvalue weighted by Gasteiger charge is 2.34. The minimum atomic E-state index is -1.52. The van der Waals surface area contributed by atoms with Gasteiger partial charge in [0, 0.05) is 0 Å². The molecule has 1 aromatic carbocycles. The van der Waals surface area contributed by atoms with E-state index in [1.165, 1.54) is 0 Å². The fraction of sp³-hybridized carbons (Fsp3) is 0.417. The summed E-state index contributed by atoms with van der Waals surface area (Å²) in [6.07, 6.45) is 2.07. The molecule has 0 aliphatic carbocycles. The van der Waals surface area contributed by atoms with E-state index in [1.807, 2.05) is 13.0 Å². The number of primary amides is 1. The molecule has 0 aliphatic rings. The molecule has 0 aromatic heterocycles. The lowest BCUT2D eigenvalue weighted by molar-refractivity contribution is -0.138. The monoisotopic (exact) mass is 207 g/mol. The molecular formula is C12H17NO2. The Balaban J connectivity index is 2.96. The van der Waals surface area contributed by atoms with Crippen LogP contribution in [0.5, 0.6) is 0 Å².